The van der Waals surface area contributed by atoms with E-state index in [1.54, 1.807) is 6.92 Å². The van der Waals surface area contributed by atoms with Gasteiger partial charge in [-0.05, 0) is 32.3 Å². The van der Waals surface area contributed by atoms with Gasteiger partial charge in [0.25, 0.3) is 0 Å². The average molecular weight is 196 g/mol. The lowest BCUT2D eigenvalue weighted by Crippen LogP contribution is -2.43. The molecule has 0 aromatic rings. The summed E-state index contributed by atoms with van der Waals surface area (Å²) >= 11 is 0. The summed E-state index contributed by atoms with van der Waals surface area (Å²) in [5, 5.41) is 0. The third-order valence-electron chi connectivity index (χ3n) is 2.88. The zero-order valence-corrected chi connectivity index (χ0v) is 9.27. The fourth-order valence-corrected chi connectivity index (χ4v) is 2.23. The Balaban J connectivity index is 2.79. The molecule has 1 rings (SSSR count). The highest BCUT2D eigenvalue weighted by Gasteiger charge is 2.39. The molecule has 1 fully saturated rings. The van der Waals surface area contributed by atoms with Crippen molar-refractivity contribution in [1.29, 1.82) is 0 Å². The molecule has 0 unspecified atom stereocenters. The van der Waals surface area contributed by atoms with Gasteiger partial charge in [0.05, 0.1) is 0 Å². The Labute approximate surface area is 86.3 Å². The number of hydrogen-bond acceptors (Lipinski definition) is 2. The van der Waals surface area contributed by atoms with Crippen molar-refractivity contribution in [3.63, 3.8) is 0 Å². The molecular weight excluding hydrogens is 176 g/mol. The zero-order chi connectivity index (χ0) is 10.6. The standard InChI is InChI=1S/C12H20O2/c1-4-14-12(11(13)10(2)3)8-6-5-7-9-12/h2,4-9H2,1,3H3. The molecule has 0 spiro atoms. The summed E-state index contributed by atoms with van der Waals surface area (Å²) < 4.78 is 5.68. The van der Waals surface area contributed by atoms with Crippen LogP contribution < -0.4 is 0 Å². The van der Waals surface area contributed by atoms with Gasteiger partial charge in [0.15, 0.2) is 5.78 Å². The van der Waals surface area contributed by atoms with Gasteiger partial charge in [-0.3, -0.25) is 4.79 Å². The van der Waals surface area contributed by atoms with Crippen LogP contribution in [0.3, 0.4) is 0 Å². The van der Waals surface area contributed by atoms with Crippen molar-refractivity contribution in [2.24, 2.45) is 0 Å². The molecule has 1 aliphatic rings. The summed E-state index contributed by atoms with van der Waals surface area (Å²) in [4.78, 5) is 12.0. The normalized spacial score (nSPS) is 20.4. The Bertz CT molecular complexity index is 219. The molecule has 0 N–H and O–H groups in total. The van der Waals surface area contributed by atoms with E-state index in [1.165, 1.54) is 6.42 Å². The molecule has 0 bridgehead atoms. The molecule has 1 aliphatic carbocycles. The summed E-state index contributed by atoms with van der Waals surface area (Å²) in [5.41, 5.74) is 0.0964. The summed E-state index contributed by atoms with van der Waals surface area (Å²) in [5.74, 6) is 0.110. The van der Waals surface area contributed by atoms with Crippen LogP contribution in [0, 0.1) is 0 Å². The Hall–Kier alpha value is -0.630. The van der Waals surface area contributed by atoms with Gasteiger partial charge in [0.2, 0.25) is 0 Å². The third-order valence-corrected chi connectivity index (χ3v) is 2.88. The summed E-state index contributed by atoms with van der Waals surface area (Å²) in [7, 11) is 0. The summed E-state index contributed by atoms with van der Waals surface area (Å²) in [6.07, 6.45) is 5.15. The quantitative estimate of drug-likeness (QED) is 0.646. The molecule has 0 amide bonds. The van der Waals surface area contributed by atoms with Crippen LogP contribution in [0.5, 0.6) is 0 Å². The number of carbonyl (C=O) groups excluding carboxylic acids is 1. The van der Waals surface area contributed by atoms with Crippen molar-refractivity contribution in [2.45, 2.75) is 51.6 Å². The Morgan fingerprint density at radius 2 is 1.93 bits per heavy atom. The minimum absolute atomic E-state index is 0.110. The van der Waals surface area contributed by atoms with Crippen LogP contribution in [-0.2, 0) is 9.53 Å². The molecule has 0 radical (unpaired) electrons. The Kier molecular flexibility index (Phi) is 3.87. The van der Waals surface area contributed by atoms with Crippen molar-refractivity contribution in [2.75, 3.05) is 6.61 Å². The van der Waals surface area contributed by atoms with Crippen LogP contribution in [0.2, 0.25) is 0 Å². The van der Waals surface area contributed by atoms with E-state index in [0.717, 1.165) is 25.7 Å². The fourth-order valence-electron chi connectivity index (χ4n) is 2.23. The lowest BCUT2D eigenvalue weighted by atomic mass is 9.79. The first-order chi connectivity index (χ1) is 6.62. The molecule has 0 atom stereocenters. The lowest BCUT2D eigenvalue weighted by molar-refractivity contribution is -0.144. The SMILES string of the molecule is C=C(C)C(=O)C1(OCC)CCCCC1. The van der Waals surface area contributed by atoms with E-state index in [9.17, 15) is 4.79 Å². The highest BCUT2D eigenvalue weighted by Crippen LogP contribution is 2.34. The first kappa shape index (κ1) is 11.4. The van der Waals surface area contributed by atoms with Gasteiger partial charge in [-0.15, -0.1) is 0 Å². The second kappa shape index (κ2) is 4.74. The van der Waals surface area contributed by atoms with Gasteiger partial charge in [0, 0.05) is 6.61 Å². The maximum Gasteiger partial charge on any atom is 0.189 e. The first-order valence-corrected chi connectivity index (χ1v) is 5.46. The van der Waals surface area contributed by atoms with Gasteiger partial charge < -0.3 is 4.74 Å². The maximum absolute atomic E-state index is 12.0. The van der Waals surface area contributed by atoms with Crippen molar-refractivity contribution in [3.8, 4) is 0 Å². The summed E-state index contributed by atoms with van der Waals surface area (Å²) in [6, 6.07) is 0. The van der Waals surface area contributed by atoms with Crippen LogP contribution in [0.1, 0.15) is 46.0 Å². The van der Waals surface area contributed by atoms with Gasteiger partial charge >= 0.3 is 0 Å². The molecule has 0 aromatic heterocycles. The van der Waals surface area contributed by atoms with Crippen molar-refractivity contribution >= 4 is 5.78 Å². The van der Waals surface area contributed by atoms with Crippen LogP contribution in [0.4, 0.5) is 0 Å². The average Bonchev–Trinajstić information content (AvgIpc) is 2.18. The molecule has 0 aliphatic heterocycles. The number of ketones is 1. The molecule has 2 nitrogen and oxygen atoms in total. The Morgan fingerprint density at radius 3 is 2.36 bits per heavy atom. The molecule has 2 heteroatoms. The second-order valence-corrected chi connectivity index (χ2v) is 4.10. The van der Waals surface area contributed by atoms with Crippen molar-refractivity contribution in [3.05, 3.63) is 12.2 Å². The zero-order valence-electron chi connectivity index (χ0n) is 9.27. The highest BCUT2D eigenvalue weighted by molar-refractivity contribution is 6.01. The number of rotatable bonds is 4. The first-order valence-electron chi connectivity index (χ1n) is 5.46. The van der Waals surface area contributed by atoms with E-state index in [2.05, 4.69) is 6.58 Å². The molecule has 80 valence electrons. The topological polar surface area (TPSA) is 26.3 Å². The van der Waals surface area contributed by atoms with Gasteiger partial charge in [0.1, 0.15) is 5.60 Å². The van der Waals surface area contributed by atoms with Crippen molar-refractivity contribution in [1.82, 2.24) is 0 Å². The number of Topliss-reactive ketones (excluding diaryl/α,β-unsaturated/α-hetero) is 1. The second-order valence-electron chi connectivity index (χ2n) is 4.10. The maximum atomic E-state index is 12.0. The molecule has 1 saturated carbocycles. The van der Waals surface area contributed by atoms with Crippen LogP contribution >= 0.6 is 0 Å². The van der Waals surface area contributed by atoms with Crippen LogP contribution in [-0.4, -0.2) is 18.0 Å². The predicted molar refractivity (Wildman–Crippen MR) is 57.3 cm³/mol. The minimum Gasteiger partial charge on any atom is -0.367 e. The van der Waals surface area contributed by atoms with E-state index in [-0.39, 0.29) is 5.78 Å². The number of carbonyl (C=O) groups is 1. The molecule has 14 heavy (non-hydrogen) atoms. The van der Waals surface area contributed by atoms with E-state index >= 15 is 0 Å². The third kappa shape index (κ3) is 2.24. The Morgan fingerprint density at radius 1 is 1.36 bits per heavy atom. The van der Waals surface area contributed by atoms with Gasteiger partial charge in [-0.1, -0.05) is 25.8 Å². The molecule has 0 aromatic carbocycles. The molecule has 0 heterocycles. The van der Waals surface area contributed by atoms with Crippen LogP contribution in [0.15, 0.2) is 12.2 Å². The van der Waals surface area contributed by atoms with E-state index in [0.29, 0.717) is 12.2 Å². The largest absolute Gasteiger partial charge is 0.367 e. The van der Waals surface area contributed by atoms with Crippen LogP contribution in [0.25, 0.3) is 0 Å². The smallest absolute Gasteiger partial charge is 0.189 e. The molecular formula is C12H20O2. The van der Waals surface area contributed by atoms with Gasteiger partial charge in [-0.25, -0.2) is 0 Å². The van der Waals surface area contributed by atoms with E-state index < -0.39 is 5.60 Å². The highest BCUT2D eigenvalue weighted by atomic mass is 16.5. The van der Waals surface area contributed by atoms with E-state index in [1.807, 2.05) is 6.92 Å². The predicted octanol–water partition coefficient (Wildman–Crippen LogP) is 2.87. The van der Waals surface area contributed by atoms with E-state index in [4.69, 9.17) is 4.74 Å². The fraction of sp³-hybridized carbons (Fsp3) is 0.750. The number of ether oxygens (including phenoxy) is 1. The number of hydrogen-bond donors (Lipinski definition) is 0. The monoisotopic (exact) mass is 196 g/mol. The minimum atomic E-state index is -0.529. The summed E-state index contributed by atoms with van der Waals surface area (Å²) in [6.45, 7) is 8.06. The molecule has 0 saturated heterocycles. The lowest BCUT2D eigenvalue weighted by Gasteiger charge is -2.35. The van der Waals surface area contributed by atoms with Gasteiger partial charge in [-0.2, -0.15) is 0 Å². The van der Waals surface area contributed by atoms with Crippen molar-refractivity contribution < 1.29 is 9.53 Å².